The summed E-state index contributed by atoms with van der Waals surface area (Å²) in [6, 6.07) is 2.42. The average molecular weight is 238 g/mol. The molecule has 0 unspecified atom stereocenters. The van der Waals surface area contributed by atoms with E-state index in [1.165, 1.54) is 12.1 Å². The summed E-state index contributed by atoms with van der Waals surface area (Å²) in [7, 11) is 0. The summed E-state index contributed by atoms with van der Waals surface area (Å²) >= 11 is 0. The summed E-state index contributed by atoms with van der Waals surface area (Å²) in [5, 5.41) is 0. The highest BCUT2D eigenvalue weighted by Gasteiger charge is 2.36. The Bertz CT molecular complexity index is 466. The second-order valence-electron chi connectivity index (χ2n) is 4.30. The van der Waals surface area contributed by atoms with Crippen molar-refractivity contribution in [2.75, 3.05) is 5.73 Å². The van der Waals surface area contributed by atoms with Crippen LogP contribution in [0.2, 0.25) is 0 Å². The predicted molar refractivity (Wildman–Crippen MR) is 59.0 cm³/mol. The van der Waals surface area contributed by atoms with Crippen LogP contribution in [0.1, 0.15) is 31.2 Å². The van der Waals surface area contributed by atoms with Crippen LogP contribution in [0, 0.1) is 11.6 Å². The minimum Gasteiger partial charge on any atom is -0.396 e. The fourth-order valence-corrected chi connectivity index (χ4v) is 2.39. The van der Waals surface area contributed by atoms with Gasteiger partial charge in [0.15, 0.2) is 11.6 Å². The lowest BCUT2D eigenvalue weighted by Gasteiger charge is -2.23. The molecule has 2 N–H and O–H groups in total. The molecule has 2 rings (SSSR count). The predicted octanol–water partition coefficient (Wildman–Crippen LogP) is 2.65. The zero-order valence-electron chi connectivity index (χ0n) is 9.17. The van der Waals surface area contributed by atoms with E-state index in [9.17, 15) is 13.6 Å². The molecule has 1 fully saturated rings. The zero-order valence-corrected chi connectivity index (χ0v) is 9.17. The molecular formula is C12H12F2N2O. The molecular weight excluding hydrogens is 226 g/mol. The van der Waals surface area contributed by atoms with Gasteiger partial charge in [0.25, 0.3) is 0 Å². The number of aliphatic imine (C=N–C) groups is 1. The van der Waals surface area contributed by atoms with Crippen molar-refractivity contribution in [3.63, 3.8) is 0 Å². The van der Waals surface area contributed by atoms with Crippen LogP contribution in [0.25, 0.3) is 0 Å². The summed E-state index contributed by atoms with van der Waals surface area (Å²) in [6.07, 6.45) is 4.57. The smallest absolute Gasteiger partial charge is 0.235 e. The molecule has 5 heteroatoms. The van der Waals surface area contributed by atoms with E-state index in [0.717, 1.165) is 18.9 Å². The van der Waals surface area contributed by atoms with Crippen LogP contribution >= 0.6 is 0 Å². The number of nitrogens with zero attached hydrogens (tertiary/aromatic N) is 1. The van der Waals surface area contributed by atoms with Gasteiger partial charge in [-0.1, -0.05) is 12.8 Å². The van der Waals surface area contributed by atoms with Crippen LogP contribution in [0.4, 0.5) is 14.5 Å². The van der Waals surface area contributed by atoms with Crippen molar-refractivity contribution < 1.29 is 13.6 Å². The molecule has 0 saturated heterocycles. The SMILES string of the molecule is Nc1cc(C2(N=C=O)CCCC2)cc(F)c1F. The zero-order chi connectivity index (χ0) is 12.5. The first-order valence-corrected chi connectivity index (χ1v) is 5.43. The Hall–Kier alpha value is -1.74. The Balaban J connectivity index is 2.54. The summed E-state index contributed by atoms with van der Waals surface area (Å²) in [5.74, 6) is -2.07. The van der Waals surface area contributed by atoms with Gasteiger partial charge in [-0.3, -0.25) is 0 Å². The molecule has 0 bridgehead atoms. The number of benzene rings is 1. The molecule has 1 aromatic rings. The maximum atomic E-state index is 13.3. The molecule has 1 saturated carbocycles. The lowest BCUT2D eigenvalue weighted by molar-refractivity contribution is 0.446. The van der Waals surface area contributed by atoms with Crippen LogP contribution < -0.4 is 5.73 Å². The van der Waals surface area contributed by atoms with Crippen molar-refractivity contribution >= 4 is 11.8 Å². The van der Waals surface area contributed by atoms with Gasteiger partial charge in [0.1, 0.15) is 0 Å². The topological polar surface area (TPSA) is 55.4 Å². The van der Waals surface area contributed by atoms with E-state index in [1.807, 2.05) is 0 Å². The highest BCUT2D eigenvalue weighted by atomic mass is 19.2. The molecule has 1 aliphatic carbocycles. The van der Waals surface area contributed by atoms with Gasteiger partial charge in [0, 0.05) is 0 Å². The van der Waals surface area contributed by atoms with Crippen LogP contribution in [0.5, 0.6) is 0 Å². The lowest BCUT2D eigenvalue weighted by Crippen LogP contribution is -2.20. The molecule has 0 spiro atoms. The van der Waals surface area contributed by atoms with Crippen molar-refractivity contribution in [3.05, 3.63) is 29.3 Å². The molecule has 0 aliphatic heterocycles. The van der Waals surface area contributed by atoms with E-state index in [2.05, 4.69) is 4.99 Å². The van der Waals surface area contributed by atoms with E-state index < -0.39 is 17.2 Å². The van der Waals surface area contributed by atoms with Gasteiger partial charge in [0.05, 0.1) is 11.2 Å². The van der Waals surface area contributed by atoms with Crippen molar-refractivity contribution in [2.45, 2.75) is 31.2 Å². The third-order valence-electron chi connectivity index (χ3n) is 3.28. The highest BCUT2D eigenvalue weighted by molar-refractivity contribution is 5.47. The molecule has 0 aromatic heterocycles. The Morgan fingerprint density at radius 1 is 1.29 bits per heavy atom. The number of isocyanates is 1. The number of rotatable bonds is 2. The fraction of sp³-hybridized carbons (Fsp3) is 0.417. The number of hydrogen-bond acceptors (Lipinski definition) is 3. The third-order valence-corrected chi connectivity index (χ3v) is 3.28. The summed E-state index contributed by atoms with van der Waals surface area (Å²) < 4.78 is 26.4. The van der Waals surface area contributed by atoms with Gasteiger partial charge in [-0.2, -0.15) is 4.99 Å². The number of nitrogens with two attached hydrogens (primary N) is 1. The van der Waals surface area contributed by atoms with Gasteiger partial charge < -0.3 is 5.73 Å². The number of anilines is 1. The summed E-state index contributed by atoms with van der Waals surface area (Å²) in [6.45, 7) is 0. The first kappa shape index (κ1) is 11.7. The van der Waals surface area contributed by atoms with Gasteiger partial charge in [-0.05, 0) is 30.5 Å². The molecule has 1 aromatic carbocycles. The fourth-order valence-electron chi connectivity index (χ4n) is 2.39. The maximum Gasteiger partial charge on any atom is 0.235 e. The van der Waals surface area contributed by atoms with E-state index >= 15 is 0 Å². The van der Waals surface area contributed by atoms with Crippen molar-refractivity contribution in [2.24, 2.45) is 4.99 Å². The van der Waals surface area contributed by atoms with Gasteiger partial charge in [0.2, 0.25) is 6.08 Å². The van der Waals surface area contributed by atoms with Crippen LogP contribution in [-0.2, 0) is 10.3 Å². The molecule has 0 heterocycles. The van der Waals surface area contributed by atoms with Crippen LogP contribution in [0.15, 0.2) is 17.1 Å². The Labute approximate surface area is 97.3 Å². The summed E-state index contributed by atoms with van der Waals surface area (Å²) in [4.78, 5) is 14.3. The second-order valence-corrected chi connectivity index (χ2v) is 4.30. The molecule has 0 radical (unpaired) electrons. The van der Waals surface area contributed by atoms with Gasteiger partial charge in [-0.15, -0.1) is 0 Å². The summed E-state index contributed by atoms with van der Waals surface area (Å²) in [5.41, 5.74) is 4.81. The first-order chi connectivity index (χ1) is 8.09. The lowest BCUT2D eigenvalue weighted by atomic mass is 9.88. The minimum absolute atomic E-state index is 0.257. The molecule has 90 valence electrons. The maximum absolute atomic E-state index is 13.3. The average Bonchev–Trinajstić information content (AvgIpc) is 2.75. The van der Waals surface area contributed by atoms with E-state index in [0.29, 0.717) is 18.4 Å². The molecule has 17 heavy (non-hydrogen) atoms. The molecule has 3 nitrogen and oxygen atoms in total. The quantitative estimate of drug-likeness (QED) is 0.489. The van der Waals surface area contributed by atoms with Crippen molar-refractivity contribution in [1.82, 2.24) is 0 Å². The van der Waals surface area contributed by atoms with E-state index in [1.54, 1.807) is 0 Å². The second kappa shape index (κ2) is 4.26. The number of carbonyl (C=O) groups excluding carboxylic acids is 1. The number of nitrogen functional groups attached to an aromatic ring is 1. The van der Waals surface area contributed by atoms with Crippen LogP contribution in [-0.4, -0.2) is 6.08 Å². The third kappa shape index (κ3) is 1.94. The standard InChI is InChI=1S/C12H12F2N2O/c13-9-5-8(6-10(15)11(9)14)12(16-7-17)3-1-2-4-12/h5-6H,1-4,15H2. The van der Waals surface area contributed by atoms with Gasteiger partial charge >= 0.3 is 0 Å². The minimum atomic E-state index is -1.06. The van der Waals surface area contributed by atoms with Gasteiger partial charge in [-0.25, -0.2) is 13.6 Å². The Morgan fingerprint density at radius 2 is 1.94 bits per heavy atom. The number of halogens is 2. The Morgan fingerprint density at radius 3 is 2.47 bits per heavy atom. The highest BCUT2D eigenvalue weighted by Crippen LogP contribution is 2.43. The monoisotopic (exact) mass is 238 g/mol. The first-order valence-electron chi connectivity index (χ1n) is 5.43. The number of hydrogen-bond donors (Lipinski definition) is 1. The molecule has 0 atom stereocenters. The van der Waals surface area contributed by atoms with E-state index in [-0.39, 0.29) is 5.69 Å². The normalized spacial score (nSPS) is 17.8. The molecule has 0 amide bonds. The Kier molecular flexibility index (Phi) is 2.94. The van der Waals surface area contributed by atoms with Crippen LogP contribution in [0.3, 0.4) is 0 Å². The largest absolute Gasteiger partial charge is 0.396 e. The van der Waals surface area contributed by atoms with Crippen molar-refractivity contribution in [3.8, 4) is 0 Å². The molecule has 1 aliphatic rings. The van der Waals surface area contributed by atoms with E-state index in [4.69, 9.17) is 5.73 Å². The van der Waals surface area contributed by atoms with Crippen molar-refractivity contribution in [1.29, 1.82) is 0 Å².